The van der Waals surface area contributed by atoms with E-state index in [2.05, 4.69) is 24.1 Å². The molecule has 106 valence electrons. The van der Waals surface area contributed by atoms with Crippen molar-refractivity contribution >= 4 is 0 Å². The number of halogens is 1. The monoisotopic (exact) mass is 266 g/mol. The van der Waals surface area contributed by atoms with Crippen LogP contribution in [0.4, 0.5) is 4.39 Å². The van der Waals surface area contributed by atoms with Crippen molar-refractivity contribution in [3.05, 3.63) is 29.6 Å². The molecule has 3 nitrogen and oxygen atoms in total. The van der Waals surface area contributed by atoms with Crippen LogP contribution >= 0.6 is 0 Å². The maximum Gasteiger partial charge on any atom is 0.123 e. The van der Waals surface area contributed by atoms with Crippen LogP contribution in [-0.4, -0.2) is 35.2 Å². The SMILES string of the molecule is CC(C)N(Cc1cc(F)ccc1O)CC1CCCN1. The molecule has 1 heterocycles. The number of nitrogens with zero attached hydrogens (tertiary/aromatic N) is 1. The lowest BCUT2D eigenvalue weighted by molar-refractivity contribution is 0.192. The first-order valence-electron chi connectivity index (χ1n) is 7.01. The summed E-state index contributed by atoms with van der Waals surface area (Å²) in [6, 6.07) is 5.02. The minimum atomic E-state index is -0.296. The van der Waals surface area contributed by atoms with Gasteiger partial charge in [-0.3, -0.25) is 4.90 Å². The zero-order valence-corrected chi connectivity index (χ0v) is 11.7. The Bertz CT molecular complexity index is 417. The summed E-state index contributed by atoms with van der Waals surface area (Å²) >= 11 is 0. The predicted octanol–water partition coefficient (Wildman–Crippen LogP) is 2.49. The molecule has 0 aliphatic carbocycles. The van der Waals surface area contributed by atoms with Crippen molar-refractivity contribution < 1.29 is 9.50 Å². The molecule has 0 spiro atoms. The minimum absolute atomic E-state index is 0.173. The largest absolute Gasteiger partial charge is 0.508 e. The van der Waals surface area contributed by atoms with E-state index in [1.165, 1.54) is 31.0 Å². The quantitative estimate of drug-likeness (QED) is 0.859. The molecule has 0 amide bonds. The number of phenolic OH excluding ortho intramolecular Hbond substituents is 1. The first-order chi connectivity index (χ1) is 9.06. The lowest BCUT2D eigenvalue weighted by Gasteiger charge is -2.29. The summed E-state index contributed by atoms with van der Waals surface area (Å²) in [7, 11) is 0. The highest BCUT2D eigenvalue weighted by Crippen LogP contribution is 2.21. The Balaban J connectivity index is 2.04. The van der Waals surface area contributed by atoms with Gasteiger partial charge in [-0.15, -0.1) is 0 Å². The van der Waals surface area contributed by atoms with Crippen molar-refractivity contribution in [2.75, 3.05) is 13.1 Å². The molecular weight excluding hydrogens is 243 g/mol. The highest BCUT2D eigenvalue weighted by Gasteiger charge is 2.20. The van der Waals surface area contributed by atoms with Crippen LogP contribution in [0.25, 0.3) is 0 Å². The zero-order valence-electron chi connectivity index (χ0n) is 11.7. The van der Waals surface area contributed by atoms with Gasteiger partial charge in [0.2, 0.25) is 0 Å². The van der Waals surface area contributed by atoms with Gasteiger partial charge in [-0.05, 0) is 51.4 Å². The van der Waals surface area contributed by atoms with E-state index >= 15 is 0 Å². The molecule has 0 saturated carbocycles. The number of rotatable bonds is 5. The molecule has 2 N–H and O–H groups in total. The first kappa shape index (κ1) is 14.3. The fourth-order valence-electron chi connectivity index (χ4n) is 2.55. The van der Waals surface area contributed by atoms with Crippen LogP contribution in [0.15, 0.2) is 18.2 Å². The molecule has 1 fully saturated rings. The van der Waals surface area contributed by atoms with Crippen LogP contribution in [0.2, 0.25) is 0 Å². The summed E-state index contributed by atoms with van der Waals surface area (Å²) in [5, 5.41) is 13.3. The highest BCUT2D eigenvalue weighted by molar-refractivity contribution is 5.32. The van der Waals surface area contributed by atoms with Crippen LogP contribution in [0, 0.1) is 5.82 Å². The van der Waals surface area contributed by atoms with Crippen molar-refractivity contribution in [3.63, 3.8) is 0 Å². The number of benzene rings is 1. The van der Waals surface area contributed by atoms with Gasteiger partial charge in [-0.25, -0.2) is 4.39 Å². The highest BCUT2D eigenvalue weighted by atomic mass is 19.1. The van der Waals surface area contributed by atoms with Gasteiger partial charge < -0.3 is 10.4 Å². The van der Waals surface area contributed by atoms with Crippen LogP contribution in [0.5, 0.6) is 5.75 Å². The lowest BCUT2D eigenvalue weighted by atomic mass is 10.1. The Morgan fingerprint density at radius 2 is 2.26 bits per heavy atom. The lowest BCUT2D eigenvalue weighted by Crippen LogP contribution is -2.40. The first-order valence-corrected chi connectivity index (χ1v) is 7.01. The number of hydrogen-bond acceptors (Lipinski definition) is 3. The molecule has 1 atom stereocenters. The second-order valence-electron chi connectivity index (χ2n) is 5.59. The van der Waals surface area contributed by atoms with E-state index in [4.69, 9.17) is 0 Å². The fourth-order valence-corrected chi connectivity index (χ4v) is 2.55. The van der Waals surface area contributed by atoms with Gasteiger partial charge in [0.15, 0.2) is 0 Å². The third-order valence-electron chi connectivity index (χ3n) is 3.76. The fraction of sp³-hybridized carbons (Fsp3) is 0.600. The second kappa shape index (κ2) is 6.35. The van der Waals surface area contributed by atoms with Crippen LogP contribution in [0.3, 0.4) is 0 Å². The van der Waals surface area contributed by atoms with E-state index in [1.54, 1.807) is 0 Å². The zero-order chi connectivity index (χ0) is 13.8. The normalized spacial score (nSPS) is 19.5. The summed E-state index contributed by atoms with van der Waals surface area (Å²) in [6.45, 7) is 6.87. The smallest absolute Gasteiger partial charge is 0.123 e. The van der Waals surface area contributed by atoms with E-state index in [9.17, 15) is 9.50 Å². The van der Waals surface area contributed by atoms with Gasteiger partial charge in [-0.1, -0.05) is 0 Å². The molecule has 4 heteroatoms. The van der Waals surface area contributed by atoms with E-state index in [0.29, 0.717) is 24.2 Å². The molecule has 2 rings (SSSR count). The second-order valence-corrected chi connectivity index (χ2v) is 5.59. The minimum Gasteiger partial charge on any atom is -0.508 e. The van der Waals surface area contributed by atoms with E-state index in [-0.39, 0.29) is 11.6 Å². The van der Waals surface area contributed by atoms with Crippen molar-refractivity contribution in [1.82, 2.24) is 10.2 Å². The van der Waals surface area contributed by atoms with Crippen molar-refractivity contribution in [2.24, 2.45) is 0 Å². The molecule has 0 bridgehead atoms. The number of aromatic hydroxyl groups is 1. The van der Waals surface area contributed by atoms with Crippen molar-refractivity contribution in [2.45, 2.75) is 45.3 Å². The summed E-state index contributed by atoms with van der Waals surface area (Å²) in [5.41, 5.74) is 0.659. The van der Waals surface area contributed by atoms with E-state index in [0.717, 1.165) is 13.1 Å². The molecule has 0 aromatic heterocycles. The Labute approximate surface area is 114 Å². The Hall–Kier alpha value is -1.13. The average molecular weight is 266 g/mol. The van der Waals surface area contributed by atoms with Crippen molar-refractivity contribution in [3.8, 4) is 5.75 Å². The standard InChI is InChI=1S/C15H23FN2O/c1-11(2)18(10-14-4-3-7-17-14)9-12-8-13(16)5-6-15(12)19/h5-6,8,11,14,17,19H,3-4,7,9-10H2,1-2H3. The van der Waals surface area contributed by atoms with Gasteiger partial charge in [0.05, 0.1) is 0 Å². The Morgan fingerprint density at radius 1 is 1.47 bits per heavy atom. The van der Waals surface area contributed by atoms with Gasteiger partial charge >= 0.3 is 0 Å². The van der Waals surface area contributed by atoms with E-state index < -0.39 is 0 Å². The van der Waals surface area contributed by atoms with Gasteiger partial charge in [-0.2, -0.15) is 0 Å². The molecule has 1 aliphatic rings. The topological polar surface area (TPSA) is 35.5 Å². The van der Waals surface area contributed by atoms with E-state index in [1.807, 2.05) is 0 Å². The summed E-state index contributed by atoms with van der Waals surface area (Å²) in [4.78, 5) is 2.28. The molecule has 1 saturated heterocycles. The molecule has 1 aromatic rings. The molecular formula is C15H23FN2O. The van der Waals surface area contributed by atoms with Gasteiger partial charge in [0.1, 0.15) is 11.6 Å². The molecule has 19 heavy (non-hydrogen) atoms. The third kappa shape index (κ3) is 3.91. The van der Waals surface area contributed by atoms with Gasteiger partial charge in [0.25, 0.3) is 0 Å². The summed E-state index contributed by atoms with van der Waals surface area (Å²) in [6.07, 6.45) is 2.42. The molecule has 0 radical (unpaired) electrons. The summed E-state index contributed by atoms with van der Waals surface area (Å²) < 4.78 is 13.3. The van der Waals surface area contributed by atoms with Crippen LogP contribution in [0.1, 0.15) is 32.3 Å². The Morgan fingerprint density at radius 3 is 2.89 bits per heavy atom. The van der Waals surface area contributed by atoms with Gasteiger partial charge in [0, 0.05) is 30.7 Å². The summed E-state index contributed by atoms with van der Waals surface area (Å²) in [5.74, 6) is -0.123. The third-order valence-corrected chi connectivity index (χ3v) is 3.76. The molecule has 1 aromatic carbocycles. The predicted molar refractivity (Wildman–Crippen MR) is 74.6 cm³/mol. The maximum atomic E-state index is 13.3. The van der Waals surface area contributed by atoms with Crippen molar-refractivity contribution in [1.29, 1.82) is 0 Å². The maximum absolute atomic E-state index is 13.3. The number of phenols is 1. The molecule has 1 aliphatic heterocycles. The van der Waals surface area contributed by atoms with Crippen LogP contribution < -0.4 is 5.32 Å². The Kier molecular flexibility index (Phi) is 4.77. The number of nitrogens with one attached hydrogen (secondary N) is 1. The van der Waals surface area contributed by atoms with Crippen LogP contribution in [-0.2, 0) is 6.54 Å². The molecule has 1 unspecified atom stereocenters. The number of hydrogen-bond donors (Lipinski definition) is 2. The average Bonchev–Trinajstić information content (AvgIpc) is 2.85.